The highest BCUT2D eigenvalue weighted by atomic mass is 32.1. The summed E-state index contributed by atoms with van der Waals surface area (Å²) in [5.74, 6) is 0.730. The molecule has 102 valence electrons. The van der Waals surface area contributed by atoms with E-state index in [0.29, 0.717) is 6.04 Å². The largest absolute Gasteiger partial charge is 0.314 e. The third-order valence-electron chi connectivity index (χ3n) is 3.42. The van der Waals surface area contributed by atoms with Crippen LogP contribution in [0.15, 0.2) is 17.5 Å². The minimum absolute atomic E-state index is 0.596. The van der Waals surface area contributed by atoms with E-state index in [1.54, 1.807) is 0 Å². The second kappa shape index (κ2) is 6.69. The van der Waals surface area contributed by atoms with Crippen LogP contribution in [-0.4, -0.2) is 30.1 Å². The maximum absolute atomic E-state index is 3.54. The van der Waals surface area contributed by atoms with Crippen LogP contribution in [0.2, 0.25) is 0 Å². The van der Waals surface area contributed by atoms with E-state index in [1.807, 2.05) is 11.3 Å². The van der Waals surface area contributed by atoms with E-state index in [-0.39, 0.29) is 0 Å². The monoisotopic (exact) mass is 266 g/mol. The summed E-state index contributed by atoms with van der Waals surface area (Å²) < 4.78 is 0. The van der Waals surface area contributed by atoms with Crippen molar-refractivity contribution in [2.75, 3.05) is 13.1 Å². The summed E-state index contributed by atoms with van der Waals surface area (Å²) in [5, 5.41) is 5.73. The van der Waals surface area contributed by atoms with Crippen LogP contribution in [0.5, 0.6) is 0 Å². The number of nitrogens with one attached hydrogen (secondary N) is 1. The van der Waals surface area contributed by atoms with Crippen molar-refractivity contribution in [3.05, 3.63) is 22.4 Å². The Hall–Kier alpha value is -0.380. The van der Waals surface area contributed by atoms with Gasteiger partial charge < -0.3 is 5.32 Å². The number of thiophene rings is 1. The van der Waals surface area contributed by atoms with Crippen molar-refractivity contribution < 1.29 is 0 Å². The zero-order valence-corrected chi connectivity index (χ0v) is 12.7. The van der Waals surface area contributed by atoms with Crippen LogP contribution >= 0.6 is 11.3 Å². The average Bonchev–Trinajstić information content (AvgIpc) is 3.05. The highest BCUT2D eigenvalue weighted by molar-refractivity contribution is 7.09. The molecule has 0 aromatic carbocycles. The first-order valence-electron chi connectivity index (χ1n) is 7.15. The van der Waals surface area contributed by atoms with E-state index in [0.717, 1.165) is 25.0 Å². The molecule has 1 aliphatic carbocycles. The minimum atomic E-state index is 0.596. The topological polar surface area (TPSA) is 15.3 Å². The van der Waals surface area contributed by atoms with Gasteiger partial charge in [0.05, 0.1) is 0 Å². The van der Waals surface area contributed by atoms with Crippen molar-refractivity contribution in [1.29, 1.82) is 0 Å². The summed E-state index contributed by atoms with van der Waals surface area (Å²) in [7, 11) is 0. The summed E-state index contributed by atoms with van der Waals surface area (Å²) >= 11 is 1.88. The molecular formula is C15H26N2S. The van der Waals surface area contributed by atoms with Gasteiger partial charge in [0.1, 0.15) is 0 Å². The highest BCUT2D eigenvalue weighted by Crippen LogP contribution is 2.29. The SMILES string of the molecule is CC(CNC(C)C)CN(Cc1cccs1)C1CC1. The van der Waals surface area contributed by atoms with Crippen LogP contribution < -0.4 is 5.32 Å². The Balaban J connectivity index is 1.79. The second-order valence-corrected chi connectivity index (χ2v) is 6.94. The summed E-state index contributed by atoms with van der Waals surface area (Å²) in [6, 6.07) is 5.87. The van der Waals surface area contributed by atoms with E-state index in [4.69, 9.17) is 0 Å². The van der Waals surface area contributed by atoms with E-state index in [9.17, 15) is 0 Å². The quantitative estimate of drug-likeness (QED) is 0.776. The molecule has 3 heteroatoms. The maximum Gasteiger partial charge on any atom is 0.0330 e. The van der Waals surface area contributed by atoms with Crippen LogP contribution in [0, 0.1) is 5.92 Å². The average molecular weight is 266 g/mol. The van der Waals surface area contributed by atoms with Gasteiger partial charge in [-0.2, -0.15) is 0 Å². The molecule has 1 N–H and O–H groups in total. The first kappa shape index (κ1) is 14.0. The molecule has 1 fully saturated rings. The summed E-state index contributed by atoms with van der Waals surface area (Å²) in [5.41, 5.74) is 0. The first-order valence-corrected chi connectivity index (χ1v) is 8.03. The molecule has 0 aliphatic heterocycles. The van der Waals surface area contributed by atoms with Gasteiger partial charge in [-0.3, -0.25) is 4.90 Å². The molecule has 0 saturated heterocycles. The number of nitrogens with zero attached hydrogens (tertiary/aromatic N) is 1. The van der Waals surface area contributed by atoms with Crippen LogP contribution in [0.3, 0.4) is 0 Å². The molecule has 0 amide bonds. The predicted octanol–water partition coefficient (Wildman–Crippen LogP) is 3.35. The van der Waals surface area contributed by atoms with Gasteiger partial charge >= 0.3 is 0 Å². The standard InChI is InChI=1S/C15H26N2S/c1-12(2)16-9-13(3)10-17(14-6-7-14)11-15-5-4-8-18-15/h4-5,8,12-14,16H,6-7,9-11H2,1-3H3. The zero-order chi connectivity index (χ0) is 13.0. The third kappa shape index (κ3) is 4.71. The Bertz CT molecular complexity index is 330. The van der Waals surface area contributed by atoms with Crippen LogP contribution in [0.4, 0.5) is 0 Å². The minimum Gasteiger partial charge on any atom is -0.314 e. The fourth-order valence-corrected chi connectivity index (χ4v) is 3.02. The van der Waals surface area contributed by atoms with Crippen LogP contribution in [0.25, 0.3) is 0 Å². The number of hydrogen-bond donors (Lipinski definition) is 1. The van der Waals surface area contributed by atoms with Gasteiger partial charge in [0, 0.05) is 30.1 Å². The lowest BCUT2D eigenvalue weighted by Crippen LogP contribution is -2.36. The Labute approximate surface area is 115 Å². The van der Waals surface area contributed by atoms with Crippen molar-refractivity contribution >= 4 is 11.3 Å². The lowest BCUT2D eigenvalue weighted by atomic mass is 10.1. The van der Waals surface area contributed by atoms with Gasteiger partial charge in [-0.25, -0.2) is 0 Å². The van der Waals surface area contributed by atoms with Crippen molar-refractivity contribution in [3.8, 4) is 0 Å². The van der Waals surface area contributed by atoms with Gasteiger partial charge in [-0.05, 0) is 36.8 Å². The van der Waals surface area contributed by atoms with Crippen molar-refractivity contribution in [2.24, 2.45) is 5.92 Å². The summed E-state index contributed by atoms with van der Waals surface area (Å²) in [6.45, 7) is 10.3. The van der Waals surface area contributed by atoms with Crippen LogP contribution in [0.1, 0.15) is 38.5 Å². The molecular weight excluding hydrogens is 240 g/mol. The predicted molar refractivity (Wildman–Crippen MR) is 80.1 cm³/mol. The third-order valence-corrected chi connectivity index (χ3v) is 4.28. The highest BCUT2D eigenvalue weighted by Gasteiger charge is 2.29. The molecule has 18 heavy (non-hydrogen) atoms. The molecule has 0 bridgehead atoms. The lowest BCUT2D eigenvalue weighted by Gasteiger charge is -2.26. The first-order chi connectivity index (χ1) is 8.65. The van der Waals surface area contributed by atoms with Crippen molar-refractivity contribution in [1.82, 2.24) is 10.2 Å². The molecule has 1 unspecified atom stereocenters. The van der Waals surface area contributed by atoms with Gasteiger partial charge in [0.15, 0.2) is 0 Å². The van der Waals surface area contributed by atoms with Crippen LogP contribution in [-0.2, 0) is 6.54 Å². The van der Waals surface area contributed by atoms with Gasteiger partial charge in [-0.1, -0.05) is 26.8 Å². The Morgan fingerprint density at radius 1 is 1.39 bits per heavy atom. The lowest BCUT2D eigenvalue weighted by molar-refractivity contribution is 0.217. The Morgan fingerprint density at radius 2 is 2.17 bits per heavy atom. The van der Waals surface area contributed by atoms with Gasteiger partial charge in [0.25, 0.3) is 0 Å². The van der Waals surface area contributed by atoms with E-state index in [2.05, 4.69) is 48.5 Å². The molecule has 1 heterocycles. The summed E-state index contributed by atoms with van der Waals surface area (Å²) in [4.78, 5) is 4.18. The summed E-state index contributed by atoms with van der Waals surface area (Å²) in [6.07, 6.45) is 2.80. The van der Waals surface area contributed by atoms with Gasteiger partial charge in [-0.15, -0.1) is 11.3 Å². The Morgan fingerprint density at radius 3 is 2.72 bits per heavy atom. The van der Waals surface area contributed by atoms with Crippen molar-refractivity contribution in [2.45, 2.75) is 52.2 Å². The fraction of sp³-hybridized carbons (Fsp3) is 0.733. The molecule has 1 aromatic rings. The van der Waals surface area contributed by atoms with E-state index in [1.165, 1.54) is 24.3 Å². The molecule has 0 spiro atoms. The molecule has 1 aromatic heterocycles. The number of rotatable bonds is 8. The fourth-order valence-electron chi connectivity index (χ4n) is 2.29. The van der Waals surface area contributed by atoms with Crippen molar-refractivity contribution in [3.63, 3.8) is 0 Å². The molecule has 1 atom stereocenters. The molecule has 1 saturated carbocycles. The molecule has 2 rings (SSSR count). The zero-order valence-electron chi connectivity index (χ0n) is 11.9. The second-order valence-electron chi connectivity index (χ2n) is 5.91. The smallest absolute Gasteiger partial charge is 0.0330 e. The Kier molecular flexibility index (Phi) is 5.22. The number of hydrogen-bond acceptors (Lipinski definition) is 3. The molecule has 2 nitrogen and oxygen atoms in total. The van der Waals surface area contributed by atoms with E-state index < -0.39 is 0 Å². The molecule has 0 radical (unpaired) electrons. The normalized spacial score (nSPS) is 17.6. The molecule has 1 aliphatic rings. The van der Waals surface area contributed by atoms with E-state index >= 15 is 0 Å². The van der Waals surface area contributed by atoms with Gasteiger partial charge in [0.2, 0.25) is 0 Å². The maximum atomic E-state index is 3.54.